The van der Waals surface area contributed by atoms with E-state index in [0.29, 0.717) is 16.4 Å². The second-order valence-electron chi connectivity index (χ2n) is 4.16. The highest BCUT2D eigenvalue weighted by Gasteiger charge is 2.16. The van der Waals surface area contributed by atoms with Crippen LogP contribution < -0.4 is 11.1 Å². The van der Waals surface area contributed by atoms with E-state index in [1.807, 2.05) is 0 Å². The number of hydrogen-bond donors (Lipinski definition) is 2. The average Bonchev–Trinajstić information content (AvgIpc) is 2.92. The number of carbonyl (C=O) groups excluding carboxylic acids is 1. The molecule has 0 aliphatic rings. The third-order valence-corrected chi connectivity index (χ3v) is 3.00. The summed E-state index contributed by atoms with van der Waals surface area (Å²) < 4.78 is 6.58. The summed E-state index contributed by atoms with van der Waals surface area (Å²) in [6.07, 6.45) is 4.98. The van der Waals surface area contributed by atoms with E-state index in [2.05, 4.69) is 10.3 Å². The van der Waals surface area contributed by atoms with Crippen molar-refractivity contribution in [1.29, 1.82) is 0 Å². The van der Waals surface area contributed by atoms with Gasteiger partial charge in [-0.1, -0.05) is 17.7 Å². The van der Waals surface area contributed by atoms with Crippen molar-refractivity contribution in [2.75, 3.05) is 19.0 Å². The van der Waals surface area contributed by atoms with Crippen LogP contribution in [0.25, 0.3) is 5.69 Å². The highest BCUT2D eigenvalue weighted by Crippen LogP contribution is 2.28. The maximum Gasteiger partial charge on any atom is 0.243 e. The Balaban J connectivity index is 2.29. The first-order valence-corrected chi connectivity index (χ1v) is 6.33. The van der Waals surface area contributed by atoms with Crippen LogP contribution in [0.2, 0.25) is 5.02 Å². The van der Waals surface area contributed by atoms with Crippen molar-refractivity contribution >= 4 is 23.2 Å². The Labute approximate surface area is 121 Å². The number of carbonyl (C=O) groups is 1. The van der Waals surface area contributed by atoms with Gasteiger partial charge in [-0.3, -0.25) is 4.79 Å². The molecule has 7 heteroatoms. The number of nitrogens with one attached hydrogen (secondary N) is 1. The molecule has 20 heavy (non-hydrogen) atoms. The quantitative estimate of drug-likeness (QED) is 0.874. The minimum Gasteiger partial charge on any atom is -0.383 e. The lowest BCUT2D eigenvalue weighted by atomic mass is 10.2. The number of para-hydroxylation sites is 1. The molecular weight excluding hydrogens is 280 g/mol. The summed E-state index contributed by atoms with van der Waals surface area (Å²) in [4.78, 5) is 15.9. The fourth-order valence-electron chi connectivity index (χ4n) is 1.75. The van der Waals surface area contributed by atoms with Gasteiger partial charge in [-0.05, 0) is 12.1 Å². The maximum absolute atomic E-state index is 12.0. The number of ether oxygens (including phenoxy) is 1. The van der Waals surface area contributed by atoms with Gasteiger partial charge in [-0.25, -0.2) is 4.98 Å². The number of amides is 1. The molecular formula is C13H15ClN4O2. The molecule has 6 nitrogen and oxygen atoms in total. The van der Waals surface area contributed by atoms with Crippen LogP contribution in [-0.2, 0) is 9.53 Å². The van der Waals surface area contributed by atoms with Crippen LogP contribution in [0.15, 0.2) is 36.9 Å². The van der Waals surface area contributed by atoms with Crippen molar-refractivity contribution in [1.82, 2.24) is 9.55 Å². The van der Waals surface area contributed by atoms with E-state index in [9.17, 15) is 4.79 Å². The molecule has 3 N–H and O–H groups in total. The Morgan fingerprint density at radius 2 is 2.40 bits per heavy atom. The summed E-state index contributed by atoms with van der Waals surface area (Å²) in [5, 5.41) is 3.25. The predicted octanol–water partition coefficient (Wildman–Crippen LogP) is 1.44. The van der Waals surface area contributed by atoms with Gasteiger partial charge < -0.3 is 20.4 Å². The number of aromatic nitrogens is 2. The zero-order chi connectivity index (χ0) is 14.5. The van der Waals surface area contributed by atoms with E-state index >= 15 is 0 Å². The normalized spacial score (nSPS) is 12.2. The number of benzene rings is 1. The molecule has 2 rings (SSSR count). The molecule has 0 saturated heterocycles. The lowest BCUT2D eigenvalue weighted by Crippen LogP contribution is -2.39. The molecule has 1 unspecified atom stereocenters. The number of methoxy groups -OCH3 is 1. The van der Waals surface area contributed by atoms with Gasteiger partial charge in [0.2, 0.25) is 5.91 Å². The van der Waals surface area contributed by atoms with Crippen molar-refractivity contribution in [2.24, 2.45) is 5.73 Å². The predicted molar refractivity (Wildman–Crippen MR) is 77.1 cm³/mol. The first-order valence-electron chi connectivity index (χ1n) is 5.95. The Bertz CT molecular complexity index is 586. The average molecular weight is 295 g/mol. The molecule has 0 bridgehead atoms. The Kier molecular flexibility index (Phi) is 4.73. The van der Waals surface area contributed by atoms with Crippen molar-refractivity contribution in [3.63, 3.8) is 0 Å². The number of rotatable bonds is 5. The van der Waals surface area contributed by atoms with Crippen LogP contribution in [0.4, 0.5) is 5.69 Å². The molecule has 106 valence electrons. The van der Waals surface area contributed by atoms with Crippen LogP contribution >= 0.6 is 11.6 Å². The molecule has 0 aliphatic carbocycles. The van der Waals surface area contributed by atoms with Gasteiger partial charge >= 0.3 is 0 Å². The fourth-order valence-corrected chi connectivity index (χ4v) is 2.02. The van der Waals surface area contributed by atoms with Crippen molar-refractivity contribution < 1.29 is 9.53 Å². The summed E-state index contributed by atoms with van der Waals surface area (Å²) in [6, 6.07) is 4.50. The lowest BCUT2D eigenvalue weighted by molar-refractivity contribution is -0.118. The zero-order valence-electron chi connectivity index (χ0n) is 10.9. The minimum atomic E-state index is -0.741. The second kappa shape index (κ2) is 6.51. The Hall–Kier alpha value is -1.89. The SMILES string of the molecule is COCC(N)C(=O)Nc1cccc(Cl)c1-n1ccnc1. The van der Waals surface area contributed by atoms with Gasteiger partial charge in [0, 0.05) is 19.5 Å². The van der Waals surface area contributed by atoms with Crippen molar-refractivity contribution in [3.8, 4) is 5.69 Å². The van der Waals surface area contributed by atoms with E-state index in [4.69, 9.17) is 22.1 Å². The highest BCUT2D eigenvalue weighted by atomic mass is 35.5. The number of halogens is 1. The van der Waals surface area contributed by atoms with E-state index in [1.165, 1.54) is 7.11 Å². The van der Waals surface area contributed by atoms with Gasteiger partial charge in [0.25, 0.3) is 0 Å². The molecule has 0 fully saturated rings. The van der Waals surface area contributed by atoms with Crippen LogP contribution in [0.3, 0.4) is 0 Å². The highest BCUT2D eigenvalue weighted by molar-refractivity contribution is 6.33. The Morgan fingerprint density at radius 3 is 3.05 bits per heavy atom. The summed E-state index contributed by atoms with van der Waals surface area (Å²) >= 11 is 6.19. The zero-order valence-corrected chi connectivity index (χ0v) is 11.7. The molecule has 1 aromatic carbocycles. The van der Waals surface area contributed by atoms with Gasteiger partial charge in [0.05, 0.1) is 29.3 Å². The molecule has 1 aromatic heterocycles. The third-order valence-electron chi connectivity index (χ3n) is 2.69. The van der Waals surface area contributed by atoms with E-state index < -0.39 is 6.04 Å². The van der Waals surface area contributed by atoms with E-state index in [0.717, 1.165) is 0 Å². The topological polar surface area (TPSA) is 82.2 Å². The number of nitrogens with two attached hydrogens (primary N) is 1. The molecule has 0 saturated carbocycles. The molecule has 0 spiro atoms. The number of hydrogen-bond acceptors (Lipinski definition) is 4. The summed E-state index contributed by atoms with van der Waals surface area (Å²) in [6.45, 7) is 0.146. The first-order chi connectivity index (χ1) is 9.63. The largest absolute Gasteiger partial charge is 0.383 e. The molecule has 1 atom stereocenters. The fraction of sp³-hybridized carbons (Fsp3) is 0.231. The number of anilines is 1. The second-order valence-corrected chi connectivity index (χ2v) is 4.56. The van der Waals surface area contributed by atoms with Crippen LogP contribution in [0.1, 0.15) is 0 Å². The van der Waals surface area contributed by atoms with E-state index in [1.54, 1.807) is 41.5 Å². The maximum atomic E-state index is 12.0. The number of imidazole rings is 1. The minimum absolute atomic E-state index is 0.146. The number of nitrogens with zero attached hydrogens (tertiary/aromatic N) is 2. The van der Waals surface area contributed by atoms with E-state index in [-0.39, 0.29) is 12.5 Å². The molecule has 1 amide bonds. The van der Waals surface area contributed by atoms with Gasteiger partial charge in [0.1, 0.15) is 6.04 Å². The molecule has 0 radical (unpaired) electrons. The summed E-state index contributed by atoms with van der Waals surface area (Å²) in [5.41, 5.74) is 6.90. The van der Waals surface area contributed by atoms with Crippen LogP contribution in [0.5, 0.6) is 0 Å². The van der Waals surface area contributed by atoms with Gasteiger partial charge in [0.15, 0.2) is 0 Å². The monoisotopic (exact) mass is 294 g/mol. The van der Waals surface area contributed by atoms with Crippen LogP contribution in [0, 0.1) is 0 Å². The first kappa shape index (κ1) is 14.5. The van der Waals surface area contributed by atoms with Crippen molar-refractivity contribution in [2.45, 2.75) is 6.04 Å². The molecule has 1 heterocycles. The molecule has 0 aliphatic heterocycles. The summed E-state index contributed by atoms with van der Waals surface area (Å²) in [7, 11) is 1.49. The standard InChI is InChI=1S/C13H15ClN4O2/c1-20-7-10(15)13(19)17-11-4-2-3-9(14)12(11)18-6-5-16-8-18/h2-6,8,10H,7,15H2,1H3,(H,17,19). The molecule has 2 aromatic rings. The summed E-state index contributed by atoms with van der Waals surface area (Å²) in [5.74, 6) is -0.338. The Morgan fingerprint density at radius 1 is 1.60 bits per heavy atom. The van der Waals surface area contributed by atoms with Gasteiger partial charge in [-0.15, -0.1) is 0 Å². The van der Waals surface area contributed by atoms with Gasteiger partial charge in [-0.2, -0.15) is 0 Å². The third kappa shape index (κ3) is 3.16. The van der Waals surface area contributed by atoms with Crippen LogP contribution in [-0.4, -0.2) is 35.2 Å². The lowest BCUT2D eigenvalue weighted by Gasteiger charge is -2.15. The van der Waals surface area contributed by atoms with Crippen molar-refractivity contribution in [3.05, 3.63) is 41.9 Å². The smallest absolute Gasteiger partial charge is 0.243 e.